The number of nitrogens with two attached hydrogens (primary N) is 1. The summed E-state index contributed by atoms with van der Waals surface area (Å²) in [5, 5.41) is 0. The van der Waals surface area contributed by atoms with Gasteiger partial charge in [-0.15, -0.1) is 0 Å². The summed E-state index contributed by atoms with van der Waals surface area (Å²) in [6.07, 6.45) is 1.18. The molecular formula is C19H19FN2O. The highest BCUT2D eigenvalue weighted by atomic mass is 19.1. The van der Waals surface area contributed by atoms with Crippen molar-refractivity contribution in [1.82, 2.24) is 4.90 Å². The summed E-state index contributed by atoms with van der Waals surface area (Å²) >= 11 is 0. The molecule has 1 aliphatic carbocycles. The van der Waals surface area contributed by atoms with Gasteiger partial charge in [0.1, 0.15) is 5.82 Å². The summed E-state index contributed by atoms with van der Waals surface area (Å²) in [5.74, 6) is 0.816. The lowest BCUT2D eigenvalue weighted by atomic mass is 9.98. The first-order valence-corrected chi connectivity index (χ1v) is 8.05. The number of hydrogen-bond donors (Lipinski definition) is 1. The minimum absolute atomic E-state index is 0.0356. The van der Waals surface area contributed by atoms with Crippen molar-refractivity contribution in [3.63, 3.8) is 0 Å². The van der Waals surface area contributed by atoms with Crippen molar-refractivity contribution in [2.24, 2.45) is 17.6 Å². The smallest absolute Gasteiger partial charge is 0.254 e. The summed E-state index contributed by atoms with van der Waals surface area (Å²) in [6.45, 7) is 1.27. The molecule has 2 N–H and O–H groups in total. The Balaban J connectivity index is 1.73. The van der Waals surface area contributed by atoms with Gasteiger partial charge in [-0.2, -0.15) is 0 Å². The van der Waals surface area contributed by atoms with E-state index < -0.39 is 0 Å². The first-order valence-electron chi connectivity index (χ1n) is 8.05. The Hall–Kier alpha value is -2.20. The van der Waals surface area contributed by atoms with Crippen LogP contribution in [-0.4, -0.2) is 29.9 Å². The van der Waals surface area contributed by atoms with Crippen molar-refractivity contribution in [3.05, 3.63) is 59.9 Å². The number of nitrogens with zero attached hydrogens (tertiary/aromatic N) is 1. The van der Waals surface area contributed by atoms with Crippen LogP contribution in [0.3, 0.4) is 0 Å². The van der Waals surface area contributed by atoms with E-state index in [-0.39, 0.29) is 17.8 Å². The van der Waals surface area contributed by atoms with Crippen LogP contribution in [0, 0.1) is 17.7 Å². The third kappa shape index (κ3) is 2.34. The van der Waals surface area contributed by atoms with Gasteiger partial charge in [0.05, 0.1) is 0 Å². The Morgan fingerprint density at radius 1 is 1.13 bits per heavy atom. The van der Waals surface area contributed by atoms with Gasteiger partial charge in [0.2, 0.25) is 0 Å². The second-order valence-electron chi connectivity index (χ2n) is 6.45. The summed E-state index contributed by atoms with van der Waals surface area (Å²) in [6, 6.07) is 13.9. The fraction of sp³-hybridized carbons (Fsp3) is 0.316. The monoisotopic (exact) mass is 310 g/mol. The zero-order valence-corrected chi connectivity index (χ0v) is 12.8. The Labute approximate surface area is 134 Å². The molecule has 3 atom stereocenters. The molecule has 1 aliphatic heterocycles. The van der Waals surface area contributed by atoms with Crippen molar-refractivity contribution in [2.75, 3.05) is 13.1 Å². The van der Waals surface area contributed by atoms with Gasteiger partial charge in [0, 0.05) is 30.3 Å². The van der Waals surface area contributed by atoms with Crippen LogP contribution in [0.1, 0.15) is 16.8 Å². The van der Waals surface area contributed by atoms with E-state index in [4.69, 9.17) is 5.73 Å². The van der Waals surface area contributed by atoms with E-state index in [1.165, 1.54) is 12.5 Å². The number of likely N-dealkylation sites (tertiary alicyclic amines) is 1. The highest BCUT2D eigenvalue weighted by Crippen LogP contribution is 2.49. The van der Waals surface area contributed by atoms with E-state index >= 15 is 0 Å². The maximum Gasteiger partial charge on any atom is 0.254 e. The molecule has 2 aromatic carbocycles. The zero-order valence-electron chi connectivity index (χ0n) is 12.8. The van der Waals surface area contributed by atoms with Crippen LogP contribution in [0.2, 0.25) is 0 Å². The quantitative estimate of drug-likeness (QED) is 0.947. The van der Waals surface area contributed by atoms with E-state index in [2.05, 4.69) is 0 Å². The number of carbonyl (C=O) groups is 1. The molecule has 23 heavy (non-hydrogen) atoms. The van der Waals surface area contributed by atoms with Gasteiger partial charge >= 0.3 is 0 Å². The number of rotatable bonds is 3. The van der Waals surface area contributed by atoms with Crippen LogP contribution in [0.25, 0.3) is 11.1 Å². The van der Waals surface area contributed by atoms with Gasteiger partial charge in [0.25, 0.3) is 5.91 Å². The van der Waals surface area contributed by atoms with Gasteiger partial charge in [-0.3, -0.25) is 4.79 Å². The molecular weight excluding hydrogens is 291 g/mol. The molecule has 3 nitrogen and oxygen atoms in total. The van der Waals surface area contributed by atoms with E-state index in [0.29, 0.717) is 35.1 Å². The van der Waals surface area contributed by atoms with Crippen molar-refractivity contribution >= 4 is 5.91 Å². The number of hydrogen-bond acceptors (Lipinski definition) is 2. The van der Waals surface area contributed by atoms with E-state index in [1.54, 1.807) is 30.3 Å². The Bertz CT molecular complexity index is 761. The van der Waals surface area contributed by atoms with Gasteiger partial charge in [0.15, 0.2) is 0 Å². The lowest BCUT2D eigenvalue weighted by molar-refractivity contribution is 0.0713. The third-order valence-electron chi connectivity index (χ3n) is 5.13. The summed E-state index contributed by atoms with van der Waals surface area (Å²) < 4.78 is 14.2. The predicted molar refractivity (Wildman–Crippen MR) is 87.3 cm³/mol. The standard InChI is InChI=1S/C19H19FN2O/c20-17-8-4-3-6-14(17)13-5-1-2-7-15(13)19(23)22-11-12-9-16(12)18(22)10-21/h1-8,12,16,18H,9-11,21H2/t12-,16-,18-/m1/s1. The SMILES string of the molecule is NC[C@@H]1[C@@H]2C[C@@H]2CN1C(=O)c1ccccc1-c1ccccc1F. The Morgan fingerprint density at radius 3 is 2.57 bits per heavy atom. The van der Waals surface area contributed by atoms with Crippen LogP contribution in [-0.2, 0) is 0 Å². The molecule has 1 saturated carbocycles. The van der Waals surface area contributed by atoms with Crippen LogP contribution >= 0.6 is 0 Å². The van der Waals surface area contributed by atoms with Gasteiger partial charge in [-0.25, -0.2) is 4.39 Å². The second kappa shape index (κ2) is 5.46. The molecule has 2 fully saturated rings. The van der Waals surface area contributed by atoms with E-state index in [0.717, 1.165) is 6.54 Å². The molecule has 118 valence electrons. The maximum absolute atomic E-state index is 14.2. The molecule has 0 unspecified atom stereocenters. The first-order chi connectivity index (χ1) is 11.2. The molecule has 2 aromatic rings. The fourth-order valence-corrected chi connectivity index (χ4v) is 3.85. The summed E-state index contributed by atoms with van der Waals surface area (Å²) in [4.78, 5) is 14.9. The maximum atomic E-state index is 14.2. The average Bonchev–Trinajstić information content (AvgIpc) is 3.25. The lowest BCUT2D eigenvalue weighted by Crippen LogP contribution is -2.42. The zero-order chi connectivity index (χ0) is 16.0. The van der Waals surface area contributed by atoms with Gasteiger partial charge in [-0.05, 0) is 36.0 Å². The average molecular weight is 310 g/mol. The van der Waals surface area contributed by atoms with Gasteiger partial charge < -0.3 is 10.6 Å². The van der Waals surface area contributed by atoms with Crippen LogP contribution in [0.5, 0.6) is 0 Å². The van der Waals surface area contributed by atoms with Crippen molar-refractivity contribution in [1.29, 1.82) is 0 Å². The van der Waals surface area contributed by atoms with Crippen LogP contribution in [0.15, 0.2) is 48.5 Å². The third-order valence-corrected chi connectivity index (χ3v) is 5.13. The highest BCUT2D eigenvalue weighted by Gasteiger charge is 2.53. The first kappa shape index (κ1) is 14.4. The Morgan fingerprint density at radius 2 is 1.83 bits per heavy atom. The topological polar surface area (TPSA) is 46.3 Å². The largest absolute Gasteiger partial charge is 0.334 e. The van der Waals surface area contributed by atoms with Crippen molar-refractivity contribution in [2.45, 2.75) is 12.5 Å². The molecule has 0 radical (unpaired) electrons. The number of carbonyl (C=O) groups excluding carboxylic acids is 1. The number of halogens is 1. The normalized spacial score (nSPS) is 25.3. The Kier molecular flexibility index (Phi) is 3.42. The van der Waals surface area contributed by atoms with E-state index in [1.807, 2.05) is 17.0 Å². The molecule has 0 spiro atoms. The molecule has 4 rings (SSSR count). The predicted octanol–water partition coefficient (Wildman–Crippen LogP) is 2.91. The summed E-state index contributed by atoms with van der Waals surface area (Å²) in [5.41, 5.74) is 7.54. The molecule has 1 heterocycles. The van der Waals surface area contributed by atoms with Crippen molar-refractivity contribution < 1.29 is 9.18 Å². The molecule has 1 saturated heterocycles. The molecule has 0 aromatic heterocycles. The van der Waals surface area contributed by atoms with Crippen molar-refractivity contribution in [3.8, 4) is 11.1 Å². The highest BCUT2D eigenvalue weighted by molar-refractivity contribution is 6.01. The van der Waals surface area contributed by atoms with Crippen LogP contribution in [0.4, 0.5) is 4.39 Å². The molecule has 1 amide bonds. The van der Waals surface area contributed by atoms with Gasteiger partial charge in [-0.1, -0.05) is 36.4 Å². The lowest BCUT2D eigenvalue weighted by Gasteiger charge is -2.27. The minimum atomic E-state index is -0.313. The van der Waals surface area contributed by atoms with Crippen LogP contribution < -0.4 is 5.73 Å². The van der Waals surface area contributed by atoms with E-state index in [9.17, 15) is 9.18 Å². The molecule has 0 bridgehead atoms. The number of fused-ring (bicyclic) bond motifs is 1. The number of amides is 1. The second-order valence-corrected chi connectivity index (χ2v) is 6.45. The molecule has 2 aliphatic rings. The fourth-order valence-electron chi connectivity index (χ4n) is 3.85. The number of piperidine rings is 1. The number of benzene rings is 2. The minimum Gasteiger partial charge on any atom is -0.334 e. The molecule has 4 heteroatoms. The summed E-state index contributed by atoms with van der Waals surface area (Å²) in [7, 11) is 0.